The van der Waals surface area contributed by atoms with E-state index in [4.69, 9.17) is 12.2 Å². The standard InChI is InChI=1S/C12H16N4O2/c1-3-7(2)8-4-9(5-8)14-6-10-15-12(11(13)17)18-16-10/h1,7-9,14H,4-6H2,2H3,(H2,13,17). The first-order chi connectivity index (χ1) is 8.60. The van der Waals surface area contributed by atoms with Crippen LogP contribution in [0.4, 0.5) is 0 Å². The predicted octanol–water partition coefficient (Wildman–Crippen LogP) is 0.306. The van der Waals surface area contributed by atoms with Gasteiger partial charge in [0, 0.05) is 12.0 Å². The summed E-state index contributed by atoms with van der Waals surface area (Å²) in [6.07, 6.45) is 7.50. The summed E-state index contributed by atoms with van der Waals surface area (Å²) in [6.45, 7) is 2.54. The van der Waals surface area contributed by atoms with Gasteiger partial charge in [-0.05, 0) is 18.8 Å². The Morgan fingerprint density at radius 3 is 3.00 bits per heavy atom. The fourth-order valence-electron chi connectivity index (χ4n) is 2.03. The van der Waals surface area contributed by atoms with Gasteiger partial charge in [0.05, 0.1) is 6.54 Å². The Balaban J connectivity index is 1.74. The molecule has 1 unspecified atom stereocenters. The maximum atomic E-state index is 10.8. The Labute approximate surface area is 105 Å². The lowest BCUT2D eigenvalue weighted by molar-refractivity contribution is 0.0958. The van der Waals surface area contributed by atoms with Crippen molar-refractivity contribution in [3.8, 4) is 12.3 Å². The van der Waals surface area contributed by atoms with E-state index in [9.17, 15) is 4.79 Å². The van der Waals surface area contributed by atoms with Gasteiger partial charge in [-0.2, -0.15) is 4.98 Å². The number of nitrogens with zero attached hydrogens (tertiary/aromatic N) is 2. The number of rotatable bonds is 5. The van der Waals surface area contributed by atoms with Crippen LogP contribution in [0, 0.1) is 24.2 Å². The van der Waals surface area contributed by atoms with Gasteiger partial charge in [0.2, 0.25) is 0 Å². The smallest absolute Gasteiger partial charge is 0.315 e. The molecule has 1 aromatic heterocycles. The maximum Gasteiger partial charge on any atom is 0.315 e. The zero-order valence-electron chi connectivity index (χ0n) is 10.2. The zero-order valence-corrected chi connectivity index (χ0v) is 10.2. The van der Waals surface area contributed by atoms with E-state index >= 15 is 0 Å². The summed E-state index contributed by atoms with van der Waals surface area (Å²) in [5.74, 6) is 3.26. The van der Waals surface area contributed by atoms with Crippen LogP contribution in [0.15, 0.2) is 4.52 Å². The number of primary amides is 1. The van der Waals surface area contributed by atoms with Crippen LogP contribution in [-0.2, 0) is 6.54 Å². The largest absolute Gasteiger partial charge is 0.361 e. The van der Waals surface area contributed by atoms with Crippen molar-refractivity contribution >= 4 is 5.91 Å². The highest BCUT2D eigenvalue weighted by Gasteiger charge is 2.32. The molecule has 0 spiro atoms. The van der Waals surface area contributed by atoms with Gasteiger partial charge in [-0.1, -0.05) is 12.1 Å². The second kappa shape index (κ2) is 5.19. The molecule has 0 saturated heterocycles. The first kappa shape index (κ1) is 12.6. The zero-order chi connectivity index (χ0) is 13.1. The summed E-state index contributed by atoms with van der Waals surface area (Å²) in [7, 11) is 0. The summed E-state index contributed by atoms with van der Waals surface area (Å²) in [5.41, 5.74) is 5.01. The van der Waals surface area contributed by atoms with E-state index in [1.54, 1.807) is 0 Å². The fourth-order valence-corrected chi connectivity index (χ4v) is 2.03. The summed E-state index contributed by atoms with van der Waals surface area (Å²) < 4.78 is 4.68. The lowest BCUT2D eigenvalue weighted by Gasteiger charge is -2.37. The highest BCUT2D eigenvalue weighted by molar-refractivity contribution is 5.87. The number of terminal acetylenes is 1. The van der Waals surface area contributed by atoms with Crippen LogP contribution in [0.1, 0.15) is 36.3 Å². The Hall–Kier alpha value is -1.87. The van der Waals surface area contributed by atoms with E-state index in [1.165, 1.54) is 0 Å². The number of nitrogens with one attached hydrogen (secondary N) is 1. The number of carbonyl (C=O) groups excluding carboxylic acids is 1. The van der Waals surface area contributed by atoms with Crippen LogP contribution in [0.3, 0.4) is 0 Å². The molecule has 1 amide bonds. The van der Waals surface area contributed by atoms with Crippen molar-refractivity contribution < 1.29 is 9.32 Å². The van der Waals surface area contributed by atoms with Crippen molar-refractivity contribution in [3.05, 3.63) is 11.7 Å². The van der Waals surface area contributed by atoms with Crippen molar-refractivity contribution in [2.24, 2.45) is 17.6 Å². The molecule has 1 saturated carbocycles. The summed E-state index contributed by atoms with van der Waals surface area (Å²) >= 11 is 0. The molecular formula is C12H16N4O2. The molecule has 1 fully saturated rings. The summed E-state index contributed by atoms with van der Waals surface area (Å²) in [4.78, 5) is 14.6. The van der Waals surface area contributed by atoms with Crippen molar-refractivity contribution in [2.45, 2.75) is 32.4 Å². The van der Waals surface area contributed by atoms with Crippen molar-refractivity contribution in [3.63, 3.8) is 0 Å². The van der Waals surface area contributed by atoms with Crippen LogP contribution in [0.25, 0.3) is 0 Å². The molecule has 1 heterocycles. The second-order valence-electron chi connectivity index (χ2n) is 4.64. The minimum Gasteiger partial charge on any atom is -0.361 e. The maximum absolute atomic E-state index is 10.8. The molecule has 1 atom stereocenters. The first-order valence-corrected chi connectivity index (χ1v) is 5.92. The number of hydrogen-bond acceptors (Lipinski definition) is 5. The first-order valence-electron chi connectivity index (χ1n) is 5.92. The molecule has 2 rings (SSSR count). The van der Waals surface area contributed by atoms with Crippen LogP contribution in [0.2, 0.25) is 0 Å². The van der Waals surface area contributed by atoms with Gasteiger partial charge in [0.25, 0.3) is 0 Å². The molecular weight excluding hydrogens is 232 g/mol. The van der Waals surface area contributed by atoms with E-state index in [1.807, 2.05) is 0 Å². The molecule has 1 aliphatic carbocycles. The monoisotopic (exact) mass is 248 g/mol. The van der Waals surface area contributed by atoms with Gasteiger partial charge >= 0.3 is 11.8 Å². The van der Waals surface area contributed by atoms with Gasteiger partial charge in [0.1, 0.15) is 0 Å². The SMILES string of the molecule is C#CC(C)C1CC(NCc2noc(C(N)=O)n2)C1. The minimum absolute atomic E-state index is 0.153. The predicted molar refractivity (Wildman–Crippen MR) is 64.2 cm³/mol. The normalized spacial score (nSPS) is 24.0. The van der Waals surface area contributed by atoms with E-state index in [0.29, 0.717) is 30.2 Å². The number of carbonyl (C=O) groups is 1. The lowest BCUT2D eigenvalue weighted by Crippen LogP contribution is -2.43. The molecule has 1 aliphatic rings. The minimum atomic E-state index is -0.708. The van der Waals surface area contributed by atoms with Gasteiger partial charge in [-0.3, -0.25) is 4.79 Å². The molecule has 6 heteroatoms. The van der Waals surface area contributed by atoms with Gasteiger partial charge in [0.15, 0.2) is 5.82 Å². The van der Waals surface area contributed by atoms with E-state index in [2.05, 4.69) is 32.8 Å². The molecule has 96 valence electrons. The molecule has 6 nitrogen and oxygen atoms in total. The summed E-state index contributed by atoms with van der Waals surface area (Å²) in [6, 6.07) is 0.432. The van der Waals surface area contributed by atoms with Crippen molar-refractivity contribution in [2.75, 3.05) is 0 Å². The average Bonchev–Trinajstić information content (AvgIpc) is 2.75. The Kier molecular flexibility index (Phi) is 3.63. The third-order valence-corrected chi connectivity index (χ3v) is 3.37. The second-order valence-corrected chi connectivity index (χ2v) is 4.64. The summed E-state index contributed by atoms with van der Waals surface area (Å²) in [5, 5.41) is 6.95. The van der Waals surface area contributed by atoms with E-state index < -0.39 is 5.91 Å². The topological polar surface area (TPSA) is 94.0 Å². The third-order valence-electron chi connectivity index (χ3n) is 3.37. The van der Waals surface area contributed by atoms with E-state index in [0.717, 1.165) is 12.8 Å². The van der Waals surface area contributed by atoms with Crippen molar-refractivity contribution in [1.82, 2.24) is 15.5 Å². The quantitative estimate of drug-likeness (QED) is 0.731. The molecule has 0 radical (unpaired) electrons. The fraction of sp³-hybridized carbons (Fsp3) is 0.583. The highest BCUT2D eigenvalue weighted by Crippen LogP contribution is 2.33. The molecule has 3 N–H and O–H groups in total. The van der Waals surface area contributed by atoms with E-state index in [-0.39, 0.29) is 5.89 Å². The molecule has 0 aromatic carbocycles. The van der Waals surface area contributed by atoms with Crippen LogP contribution in [-0.4, -0.2) is 22.1 Å². The Morgan fingerprint density at radius 1 is 1.72 bits per heavy atom. The van der Waals surface area contributed by atoms with Crippen molar-refractivity contribution in [1.29, 1.82) is 0 Å². The van der Waals surface area contributed by atoms with Crippen LogP contribution < -0.4 is 11.1 Å². The Bertz CT molecular complexity index is 471. The Morgan fingerprint density at radius 2 is 2.44 bits per heavy atom. The molecule has 18 heavy (non-hydrogen) atoms. The van der Waals surface area contributed by atoms with Crippen LogP contribution >= 0.6 is 0 Å². The molecule has 0 aliphatic heterocycles. The number of hydrogen-bond donors (Lipinski definition) is 2. The highest BCUT2D eigenvalue weighted by atomic mass is 16.5. The number of aromatic nitrogens is 2. The van der Waals surface area contributed by atoms with Gasteiger partial charge in [-0.25, -0.2) is 0 Å². The number of nitrogens with two attached hydrogens (primary N) is 1. The molecule has 1 aromatic rings. The van der Waals surface area contributed by atoms with Crippen LogP contribution in [0.5, 0.6) is 0 Å². The lowest BCUT2D eigenvalue weighted by atomic mass is 9.73. The molecule has 0 bridgehead atoms. The third kappa shape index (κ3) is 2.68. The van der Waals surface area contributed by atoms with Gasteiger partial charge in [-0.15, -0.1) is 12.3 Å². The number of amides is 1. The average molecular weight is 248 g/mol. The van der Waals surface area contributed by atoms with Gasteiger partial charge < -0.3 is 15.6 Å².